The second-order valence-electron chi connectivity index (χ2n) is 7.98. The van der Waals surface area contributed by atoms with Crippen molar-refractivity contribution in [3.05, 3.63) is 0 Å². The van der Waals surface area contributed by atoms with Gasteiger partial charge in [-0.3, -0.25) is 4.79 Å². The van der Waals surface area contributed by atoms with Gasteiger partial charge in [0.1, 0.15) is 5.60 Å². The molecule has 1 saturated heterocycles. The maximum absolute atomic E-state index is 11.8. The van der Waals surface area contributed by atoms with Crippen LogP contribution in [0.25, 0.3) is 0 Å². The van der Waals surface area contributed by atoms with Gasteiger partial charge >= 0.3 is 5.97 Å². The van der Waals surface area contributed by atoms with Crippen LogP contribution in [-0.2, 0) is 9.53 Å². The largest absolute Gasteiger partial charge is 0.459 e. The molecule has 0 aromatic rings. The lowest BCUT2D eigenvalue weighted by Gasteiger charge is -2.59. The highest BCUT2D eigenvalue weighted by molar-refractivity contribution is 5.73. The third kappa shape index (κ3) is 1.50. The van der Waals surface area contributed by atoms with Gasteiger partial charge < -0.3 is 4.74 Å². The summed E-state index contributed by atoms with van der Waals surface area (Å²) < 4.78 is 5.70. The summed E-state index contributed by atoms with van der Waals surface area (Å²) in [5, 5.41) is 0. The van der Waals surface area contributed by atoms with Crippen molar-refractivity contribution in [2.75, 3.05) is 0 Å². The van der Waals surface area contributed by atoms with E-state index < -0.39 is 0 Å². The van der Waals surface area contributed by atoms with Crippen molar-refractivity contribution in [2.45, 2.75) is 71.8 Å². The molecular formula is C16H26O2. The van der Waals surface area contributed by atoms with E-state index >= 15 is 0 Å². The first-order valence-electron chi connectivity index (χ1n) is 7.50. The van der Waals surface area contributed by atoms with E-state index in [1.54, 1.807) is 0 Å². The SMILES string of the molecule is CC1(C)CCC[C@]2(C)[C@@H]1CC[C@]1(C)OC(=O)C[C@H]21. The summed E-state index contributed by atoms with van der Waals surface area (Å²) in [5.74, 6) is 1.23. The first kappa shape index (κ1) is 12.5. The lowest BCUT2D eigenvalue weighted by atomic mass is 9.45. The highest BCUT2D eigenvalue weighted by Crippen LogP contribution is 2.64. The summed E-state index contributed by atoms with van der Waals surface area (Å²) in [6.07, 6.45) is 6.86. The van der Waals surface area contributed by atoms with E-state index in [4.69, 9.17) is 4.74 Å². The predicted octanol–water partition coefficient (Wildman–Crippen LogP) is 3.93. The monoisotopic (exact) mass is 250 g/mol. The van der Waals surface area contributed by atoms with Gasteiger partial charge in [0.2, 0.25) is 0 Å². The number of ether oxygens (including phenoxy) is 1. The summed E-state index contributed by atoms with van der Waals surface area (Å²) in [4.78, 5) is 11.8. The van der Waals surface area contributed by atoms with Gasteiger partial charge in [0.15, 0.2) is 0 Å². The number of hydrogen-bond donors (Lipinski definition) is 0. The predicted molar refractivity (Wildman–Crippen MR) is 71.1 cm³/mol. The Bertz CT molecular complexity index is 387. The Morgan fingerprint density at radius 3 is 2.50 bits per heavy atom. The van der Waals surface area contributed by atoms with E-state index in [0.29, 0.717) is 23.2 Å². The van der Waals surface area contributed by atoms with Crippen LogP contribution < -0.4 is 0 Å². The minimum atomic E-state index is -0.171. The molecule has 4 atom stereocenters. The number of fused-ring (bicyclic) bond motifs is 3. The molecule has 0 aromatic heterocycles. The Kier molecular flexibility index (Phi) is 2.44. The summed E-state index contributed by atoms with van der Waals surface area (Å²) in [6, 6.07) is 0. The third-order valence-electron chi connectivity index (χ3n) is 6.46. The van der Waals surface area contributed by atoms with Gasteiger partial charge in [0.05, 0.1) is 6.42 Å². The molecule has 2 saturated carbocycles. The molecular weight excluding hydrogens is 224 g/mol. The topological polar surface area (TPSA) is 26.3 Å². The van der Waals surface area contributed by atoms with Crippen LogP contribution in [0.15, 0.2) is 0 Å². The van der Waals surface area contributed by atoms with Gasteiger partial charge in [-0.05, 0) is 49.4 Å². The molecule has 2 aliphatic carbocycles. The zero-order chi connectivity index (χ0) is 13.2. The first-order chi connectivity index (χ1) is 8.28. The van der Waals surface area contributed by atoms with Crippen molar-refractivity contribution < 1.29 is 9.53 Å². The van der Waals surface area contributed by atoms with Crippen LogP contribution in [0.3, 0.4) is 0 Å². The van der Waals surface area contributed by atoms with Crippen LogP contribution in [0, 0.1) is 22.7 Å². The highest BCUT2D eigenvalue weighted by atomic mass is 16.6. The zero-order valence-corrected chi connectivity index (χ0v) is 12.2. The van der Waals surface area contributed by atoms with Crippen molar-refractivity contribution in [1.29, 1.82) is 0 Å². The minimum absolute atomic E-state index is 0.0350. The standard InChI is InChI=1S/C16H26O2/c1-14(2)7-5-8-15(3)11(14)6-9-16(4)12(15)10-13(17)18-16/h11-12H,5-10H2,1-4H3/t11-,12-,15-,16+/m1/s1. The fourth-order valence-corrected chi connectivity index (χ4v) is 5.65. The molecule has 0 radical (unpaired) electrons. The van der Waals surface area contributed by atoms with Gasteiger partial charge in [0, 0.05) is 5.92 Å². The van der Waals surface area contributed by atoms with Crippen molar-refractivity contribution >= 4 is 5.97 Å². The smallest absolute Gasteiger partial charge is 0.306 e. The van der Waals surface area contributed by atoms with Crippen molar-refractivity contribution in [1.82, 2.24) is 0 Å². The number of hydrogen-bond acceptors (Lipinski definition) is 2. The summed E-state index contributed by atoms with van der Waals surface area (Å²) >= 11 is 0. The lowest BCUT2D eigenvalue weighted by Crippen LogP contribution is -2.55. The normalized spacial score (nSPS) is 50.3. The van der Waals surface area contributed by atoms with Gasteiger partial charge in [0.25, 0.3) is 0 Å². The first-order valence-corrected chi connectivity index (χ1v) is 7.50. The van der Waals surface area contributed by atoms with Crippen LogP contribution >= 0.6 is 0 Å². The summed E-state index contributed by atoms with van der Waals surface area (Å²) in [5.41, 5.74) is 0.566. The molecule has 2 heteroatoms. The van der Waals surface area contributed by atoms with E-state index in [9.17, 15) is 4.79 Å². The van der Waals surface area contributed by atoms with Gasteiger partial charge in [-0.1, -0.05) is 27.2 Å². The average Bonchev–Trinajstić information content (AvgIpc) is 2.53. The summed E-state index contributed by atoms with van der Waals surface area (Å²) in [6.45, 7) is 9.46. The summed E-state index contributed by atoms with van der Waals surface area (Å²) in [7, 11) is 0. The zero-order valence-electron chi connectivity index (χ0n) is 12.2. The van der Waals surface area contributed by atoms with Crippen LogP contribution in [0.5, 0.6) is 0 Å². The highest BCUT2D eigenvalue weighted by Gasteiger charge is 2.62. The average molecular weight is 250 g/mol. The van der Waals surface area contributed by atoms with E-state index in [2.05, 4.69) is 27.7 Å². The van der Waals surface area contributed by atoms with Crippen LogP contribution in [-0.4, -0.2) is 11.6 Å². The fraction of sp³-hybridized carbons (Fsp3) is 0.938. The van der Waals surface area contributed by atoms with E-state index in [-0.39, 0.29) is 11.6 Å². The van der Waals surface area contributed by atoms with E-state index in [1.807, 2.05) is 0 Å². The van der Waals surface area contributed by atoms with Crippen LogP contribution in [0.1, 0.15) is 66.2 Å². The molecule has 1 aliphatic heterocycles. The molecule has 1 heterocycles. The second-order valence-corrected chi connectivity index (χ2v) is 7.98. The Balaban J connectivity index is 2.00. The Labute approximate surface area is 110 Å². The minimum Gasteiger partial charge on any atom is -0.459 e. The van der Waals surface area contributed by atoms with E-state index in [1.165, 1.54) is 25.7 Å². The molecule has 0 N–H and O–H groups in total. The molecule has 0 aromatic carbocycles. The van der Waals surface area contributed by atoms with Gasteiger partial charge in [-0.25, -0.2) is 0 Å². The number of carbonyl (C=O) groups excluding carboxylic acids is 1. The Morgan fingerprint density at radius 1 is 1.06 bits per heavy atom. The number of rotatable bonds is 0. The molecule has 0 spiro atoms. The maximum atomic E-state index is 11.8. The molecule has 2 nitrogen and oxygen atoms in total. The Morgan fingerprint density at radius 2 is 1.78 bits per heavy atom. The van der Waals surface area contributed by atoms with Gasteiger partial charge in [-0.15, -0.1) is 0 Å². The van der Waals surface area contributed by atoms with Crippen molar-refractivity contribution in [3.63, 3.8) is 0 Å². The molecule has 3 aliphatic rings. The molecule has 0 unspecified atom stereocenters. The van der Waals surface area contributed by atoms with E-state index in [0.717, 1.165) is 12.3 Å². The maximum Gasteiger partial charge on any atom is 0.306 e. The van der Waals surface area contributed by atoms with Crippen molar-refractivity contribution in [2.24, 2.45) is 22.7 Å². The second kappa shape index (κ2) is 3.52. The molecule has 3 rings (SSSR count). The number of esters is 1. The molecule has 3 fully saturated rings. The number of carbonyl (C=O) groups is 1. The molecule has 0 bridgehead atoms. The molecule has 102 valence electrons. The van der Waals surface area contributed by atoms with Gasteiger partial charge in [-0.2, -0.15) is 0 Å². The van der Waals surface area contributed by atoms with Crippen LogP contribution in [0.2, 0.25) is 0 Å². The quantitative estimate of drug-likeness (QED) is 0.609. The third-order valence-corrected chi connectivity index (χ3v) is 6.46. The van der Waals surface area contributed by atoms with Crippen molar-refractivity contribution in [3.8, 4) is 0 Å². The Hall–Kier alpha value is -0.530. The fourth-order valence-electron chi connectivity index (χ4n) is 5.65. The molecule has 0 amide bonds. The molecule has 18 heavy (non-hydrogen) atoms. The van der Waals surface area contributed by atoms with Crippen LogP contribution in [0.4, 0.5) is 0 Å². The lowest BCUT2D eigenvalue weighted by molar-refractivity contribution is -0.164.